The molecule has 0 amide bonds. The van der Waals surface area contributed by atoms with E-state index in [2.05, 4.69) is 13.8 Å². The van der Waals surface area contributed by atoms with E-state index in [1.807, 2.05) is 6.08 Å². The minimum Gasteiger partial charge on any atom is -0.462 e. The molecule has 4 rings (SSSR count). The van der Waals surface area contributed by atoms with Crippen LogP contribution in [0.4, 0.5) is 0 Å². The molecule has 0 radical (unpaired) electrons. The van der Waals surface area contributed by atoms with E-state index in [0.717, 1.165) is 37.5 Å². The first-order valence-electron chi connectivity index (χ1n) is 9.80. The highest BCUT2D eigenvalue weighted by molar-refractivity contribution is 5.91. The van der Waals surface area contributed by atoms with Gasteiger partial charge in [0.05, 0.1) is 0 Å². The predicted molar refractivity (Wildman–Crippen MR) is 92.2 cm³/mol. The van der Waals surface area contributed by atoms with Crippen LogP contribution in [0.5, 0.6) is 0 Å². The van der Waals surface area contributed by atoms with Gasteiger partial charge in [-0.1, -0.05) is 19.4 Å². The van der Waals surface area contributed by atoms with Crippen molar-refractivity contribution in [2.24, 2.45) is 35.0 Å². The quantitative estimate of drug-likeness (QED) is 0.673. The van der Waals surface area contributed by atoms with E-state index < -0.39 is 0 Å². The van der Waals surface area contributed by atoms with Gasteiger partial charge in [0.1, 0.15) is 6.10 Å². The molecule has 0 aromatic heterocycles. The van der Waals surface area contributed by atoms with Crippen molar-refractivity contribution in [2.45, 2.75) is 71.8 Å². The second-order valence-electron chi connectivity index (χ2n) is 9.08. The van der Waals surface area contributed by atoms with Gasteiger partial charge in [-0.15, -0.1) is 0 Å². The third kappa shape index (κ3) is 2.38. The number of ketones is 1. The average molecular weight is 330 g/mol. The molecule has 0 N–H and O–H groups in total. The smallest absolute Gasteiger partial charge is 0.302 e. The summed E-state index contributed by atoms with van der Waals surface area (Å²) in [5, 5.41) is 0. The molecule has 3 saturated carbocycles. The Hall–Kier alpha value is -1.12. The van der Waals surface area contributed by atoms with Gasteiger partial charge in [-0.3, -0.25) is 9.59 Å². The Balaban J connectivity index is 1.62. The van der Waals surface area contributed by atoms with E-state index in [0.29, 0.717) is 23.5 Å². The van der Waals surface area contributed by atoms with Crippen molar-refractivity contribution in [2.75, 3.05) is 0 Å². The van der Waals surface area contributed by atoms with Gasteiger partial charge in [0.2, 0.25) is 0 Å². The molecule has 3 nitrogen and oxygen atoms in total. The van der Waals surface area contributed by atoms with Crippen LogP contribution in [-0.4, -0.2) is 17.9 Å². The number of fused-ring (bicyclic) bond motifs is 5. The number of rotatable bonds is 1. The summed E-state index contributed by atoms with van der Waals surface area (Å²) in [6.07, 6.45) is 9.62. The molecule has 0 heterocycles. The Labute approximate surface area is 145 Å². The summed E-state index contributed by atoms with van der Waals surface area (Å²) < 4.78 is 5.72. The normalized spacial score (nSPS) is 47.3. The molecule has 4 aliphatic rings. The highest BCUT2D eigenvalue weighted by atomic mass is 16.5. The summed E-state index contributed by atoms with van der Waals surface area (Å²) in [6, 6.07) is 0. The lowest BCUT2D eigenvalue weighted by Crippen LogP contribution is -2.50. The van der Waals surface area contributed by atoms with Crippen LogP contribution >= 0.6 is 0 Å². The van der Waals surface area contributed by atoms with Gasteiger partial charge in [-0.25, -0.2) is 0 Å². The number of ether oxygens (including phenoxy) is 1. The highest BCUT2D eigenvalue weighted by Gasteiger charge is 2.58. The van der Waals surface area contributed by atoms with Crippen molar-refractivity contribution in [1.82, 2.24) is 0 Å². The second kappa shape index (κ2) is 5.71. The maximum atomic E-state index is 11.8. The minimum atomic E-state index is -0.128. The number of esters is 1. The number of hydrogen-bond donors (Lipinski definition) is 0. The molecule has 0 aromatic rings. The lowest BCUT2D eigenvalue weighted by Gasteiger charge is -2.55. The number of carbonyl (C=O) groups is 2. The van der Waals surface area contributed by atoms with E-state index in [1.165, 1.54) is 24.8 Å². The fraction of sp³-hybridized carbons (Fsp3) is 0.810. The van der Waals surface area contributed by atoms with Crippen molar-refractivity contribution >= 4 is 11.8 Å². The zero-order valence-corrected chi connectivity index (χ0v) is 15.2. The van der Waals surface area contributed by atoms with Crippen LogP contribution in [0.15, 0.2) is 11.6 Å². The summed E-state index contributed by atoms with van der Waals surface area (Å²) in [5.74, 6) is 3.64. The molecule has 2 unspecified atom stereocenters. The molecule has 132 valence electrons. The van der Waals surface area contributed by atoms with Gasteiger partial charge >= 0.3 is 5.97 Å². The second-order valence-corrected chi connectivity index (χ2v) is 9.08. The van der Waals surface area contributed by atoms with E-state index in [-0.39, 0.29) is 17.5 Å². The van der Waals surface area contributed by atoms with Gasteiger partial charge in [0.25, 0.3) is 0 Å². The third-order valence-corrected chi connectivity index (χ3v) is 7.86. The van der Waals surface area contributed by atoms with Crippen LogP contribution in [-0.2, 0) is 14.3 Å². The Kier molecular flexibility index (Phi) is 3.89. The molecule has 0 bridgehead atoms. The molecule has 24 heavy (non-hydrogen) atoms. The topological polar surface area (TPSA) is 43.4 Å². The largest absolute Gasteiger partial charge is 0.462 e. The van der Waals surface area contributed by atoms with Gasteiger partial charge in [-0.05, 0) is 74.2 Å². The molecular weight excluding hydrogens is 300 g/mol. The first kappa shape index (κ1) is 16.4. The van der Waals surface area contributed by atoms with Gasteiger partial charge < -0.3 is 4.74 Å². The van der Waals surface area contributed by atoms with Gasteiger partial charge in [0, 0.05) is 18.8 Å². The SMILES string of the molecule is CC(=O)OC1CC[C@H]2[C@@H]3C(C)CC4=CC(=O)CC[C@@H]4[C@H]3CC[C@]12C. The van der Waals surface area contributed by atoms with Crippen LogP contribution in [0.2, 0.25) is 0 Å². The molecule has 7 atom stereocenters. The van der Waals surface area contributed by atoms with Crippen LogP contribution in [0.25, 0.3) is 0 Å². The Morgan fingerprint density at radius 3 is 2.79 bits per heavy atom. The number of carbonyl (C=O) groups excluding carboxylic acids is 2. The van der Waals surface area contributed by atoms with Crippen molar-refractivity contribution in [3.05, 3.63) is 11.6 Å². The van der Waals surface area contributed by atoms with E-state index in [4.69, 9.17) is 4.74 Å². The number of allylic oxidation sites excluding steroid dienone is 1. The monoisotopic (exact) mass is 330 g/mol. The molecule has 0 spiro atoms. The average Bonchev–Trinajstić information content (AvgIpc) is 2.83. The molecule has 3 fully saturated rings. The third-order valence-electron chi connectivity index (χ3n) is 7.86. The first-order chi connectivity index (χ1) is 11.4. The maximum Gasteiger partial charge on any atom is 0.302 e. The standard InChI is InChI=1S/C21H30O3/c1-12-10-14-11-15(23)4-5-16(14)17-8-9-21(3)18(20(12)17)6-7-19(21)24-13(2)22/h11-12,16-20H,4-10H2,1-3H3/t12?,16-,17+,18-,19?,20+,21-/m0/s1. The molecule has 0 saturated heterocycles. The van der Waals surface area contributed by atoms with Gasteiger partial charge in [-0.2, -0.15) is 0 Å². The van der Waals surface area contributed by atoms with Gasteiger partial charge in [0.15, 0.2) is 5.78 Å². The molecule has 0 aliphatic heterocycles. The minimum absolute atomic E-state index is 0.109. The van der Waals surface area contributed by atoms with Crippen LogP contribution in [0.3, 0.4) is 0 Å². The fourth-order valence-corrected chi connectivity index (χ4v) is 6.93. The summed E-state index contributed by atoms with van der Waals surface area (Å²) in [5.41, 5.74) is 1.60. The highest BCUT2D eigenvalue weighted by Crippen LogP contribution is 2.63. The van der Waals surface area contributed by atoms with E-state index in [1.54, 1.807) is 6.92 Å². The summed E-state index contributed by atoms with van der Waals surface area (Å²) >= 11 is 0. The summed E-state index contributed by atoms with van der Waals surface area (Å²) in [7, 11) is 0. The van der Waals surface area contributed by atoms with Crippen molar-refractivity contribution < 1.29 is 14.3 Å². The zero-order valence-electron chi connectivity index (χ0n) is 15.2. The predicted octanol–water partition coefficient (Wildman–Crippen LogP) is 4.31. The first-order valence-corrected chi connectivity index (χ1v) is 9.80. The molecular formula is C21H30O3. The van der Waals surface area contributed by atoms with Crippen LogP contribution in [0.1, 0.15) is 65.7 Å². The zero-order chi connectivity index (χ0) is 17.1. The summed E-state index contributed by atoms with van der Waals surface area (Å²) in [4.78, 5) is 23.4. The number of hydrogen-bond acceptors (Lipinski definition) is 3. The lowest BCUT2D eigenvalue weighted by atomic mass is 9.49. The Morgan fingerprint density at radius 1 is 1.25 bits per heavy atom. The molecule has 3 heteroatoms. The Bertz CT molecular complexity index is 592. The lowest BCUT2D eigenvalue weighted by molar-refractivity contribution is -0.157. The van der Waals surface area contributed by atoms with Crippen molar-refractivity contribution in [3.8, 4) is 0 Å². The Morgan fingerprint density at radius 2 is 2.04 bits per heavy atom. The fourth-order valence-electron chi connectivity index (χ4n) is 6.93. The summed E-state index contributed by atoms with van der Waals surface area (Å²) in [6.45, 7) is 6.30. The van der Waals surface area contributed by atoms with E-state index in [9.17, 15) is 9.59 Å². The van der Waals surface area contributed by atoms with E-state index >= 15 is 0 Å². The van der Waals surface area contributed by atoms with Crippen LogP contribution in [0, 0.1) is 35.0 Å². The molecule has 4 aliphatic carbocycles. The van der Waals surface area contributed by atoms with Crippen LogP contribution < -0.4 is 0 Å². The maximum absolute atomic E-state index is 11.8. The van der Waals surface area contributed by atoms with Crippen molar-refractivity contribution in [3.63, 3.8) is 0 Å². The molecule has 0 aromatic carbocycles. The van der Waals surface area contributed by atoms with Crippen molar-refractivity contribution in [1.29, 1.82) is 0 Å².